The Bertz CT molecular complexity index is 519. The second-order valence-corrected chi connectivity index (χ2v) is 4.49. The maximum atomic E-state index is 13.1. The Balaban J connectivity index is 1.92. The maximum absolute atomic E-state index is 13.1. The minimum absolute atomic E-state index is 0.0805. The van der Waals surface area contributed by atoms with Crippen molar-refractivity contribution in [3.8, 4) is 0 Å². The Morgan fingerprint density at radius 2 is 2.05 bits per heavy atom. The van der Waals surface area contributed by atoms with Crippen LogP contribution in [0, 0.1) is 5.82 Å². The van der Waals surface area contributed by atoms with Gasteiger partial charge in [0, 0.05) is 25.0 Å². The topological polar surface area (TPSA) is 45.1 Å². The average molecular weight is 260 g/mol. The van der Waals surface area contributed by atoms with Gasteiger partial charge in [0.15, 0.2) is 0 Å². The summed E-state index contributed by atoms with van der Waals surface area (Å²) in [4.78, 5) is 4.05. The zero-order chi connectivity index (χ0) is 13.7. The van der Waals surface area contributed by atoms with Crippen LogP contribution in [0.15, 0.2) is 48.8 Å². The summed E-state index contributed by atoms with van der Waals surface area (Å²) in [5.74, 6) is -0.336. The molecule has 2 rings (SSSR count). The standard InChI is InChI=1S/C15H17FN2O/c1-11(13-5-3-7-17-9-13)18-10-15(19)12-4-2-6-14(16)8-12/h2-9,11,15,18-19H,10H2,1H3. The van der Waals surface area contributed by atoms with Gasteiger partial charge < -0.3 is 10.4 Å². The number of aromatic nitrogens is 1. The average Bonchev–Trinajstić information content (AvgIpc) is 2.45. The van der Waals surface area contributed by atoms with Gasteiger partial charge in [-0.25, -0.2) is 4.39 Å². The minimum Gasteiger partial charge on any atom is -0.387 e. The Kier molecular flexibility index (Phi) is 4.60. The van der Waals surface area contributed by atoms with Crippen molar-refractivity contribution in [1.29, 1.82) is 0 Å². The van der Waals surface area contributed by atoms with Gasteiger partial charge in [0.2, 0.25) is 0 Å². The van der Waals surface area contributed by atoms with E-state index < -0.39 is 6.10 Å². The molecule has 0 saturated carbocycles. The fourth-order valence-corrected chi connectivity index (χ4v) is 1.87. The summed E-state index contributed by atoms with van der Waals surface area (Å²) in [6, 6.07) is 9.94. The molecule has 0 aliphatic rings. The highest BCUT2D eigenvalue weighted by molar-refractivity contribution is 5.19. The number of pyridine rings is 1. The molecule has 19 heavy (non-hydrogen) atoms. The van der Waals surface area contributed by atoms with Crippen LogP contribution >= 0.6 is 0 Å². The van der Waals surface area contributed by atoms with Crippen LogP contribution in [0.25, 0.3) is 0 Å². The predicted octanol–water partition coefficient (Wildman–Crippen LogP) is 2.60. The van der Waals surface area contributed by atoms with Gasteiger partial charge in [-0.05, 0) is 36.2 Å². The summed E-state index contributed by atoms with van der Waals surface area (Å²) >= 11 is 0. The predicted molar refractivity (Wildman–Crippen MR) is 72.0 cm³/mol. The third kappa shape index (κ3) is 3.84. The molecule has 0 amide bonds. The van der Waals surface area contributed by atoms with Crippen molar-refractivity contribution in [3.63, 3.8) is 0 Å². The highest BCUT2D eigenvalue weighted by atomic mass is 19.1. The number of benzene rings is 1. The largest absolute Gasteiger partial charge is 0.387 e. The molecule has 2 atom stereocenters. The van der Waals surface area contributed by atoms with Crippen molar-refractivity contribution in [1.82, 2.24) is 10.3 Å². The number of nitrogens with zero attached hydrogens (tertiary/aromatic N) is 1. The molecule has 2 N–H and O–H groups in total. The lowest BCUT2D eigenvalue weighted by Crippen LogP contribution is -2.24. The number of halogens is 1. The van der Waals surface area contributed by atoms with E-state index in [4.69, 9.17) is 0 Å². The molecular weight excluding hydrogens is 243 g/mol. The fourth-order valence-electron chi connectivity index (χ4n) is 1.87. The molecule has 1 heterocycles. The van der Waals surface area contributed by atoms with Gasteiger partial charge in [-0.1, -0.05) is 18.2 Å². The van der Waals surface area contributed by atoms with Gasteiger partial charge in [0.25, 0.3) is 0 Å². The zero-order valence-corrected chi connectivity index (χ0v) is 10.8. The second-order valence-electron chi connectivity index (χ2n) is 4.49. The third-order valence-electron chi connectivity index (χ3n) is 3.04. The van der Waals surface area contributed by atoms with E-state index in [9.17, 15) is 9.50 Å². The smallest absolute Gasteiger partial charge is 0.123 e. The molecular formula is C15H17FN2O. The van der Waals surface area contributed by atoms with Crippen LogP contribution in [0.3, 0.4) is 0 Å². The summed E-state index contributed by atoms with van der Waals surface area (Å²) in [5, 5.41) is 13.2. The monoisotopic (exact) mass is 260 g/mol. The van der Waals surface area contributed by atoms with Crippen molar-refractivity contribution in [2.24, 2.45) is 0 Å². The Morgan fingerprint density at radius 3 is 2.74 bits per heavy atom. The van der Waals surface area contributed by atoms with E-state index in [0.29, 0.717) is 12.1 Å². The molecule has 0 saturated heterocycles. The molecule has 0 radical (unpaired) electrons. The minimum atomic E-state index is -0.727. The van der Waals surface area contributed by atoms with Crippen LogP contribution in [-0.2, 0) is 0 Å². The Hall–Kier alpha value is -1.78. The SMILES string of the molecule is CC(NCC(O)c1cccc(F)c1)c1cccnc1. The Morgan fingerprint density at radius 1 is 1.26 bits per heavy atom. The van der Waals surface area contributed by atoms with Crippen molar-refractivity contribution < 1.29 is 9.50 Å². The van der Waals surface area contributed by atoms with Crippen molar-refractivity contribution >= 4 is 0 Å². The molecule has 4 heteroatoms. The normalized spacial score (nSPS) is 14.1. The summed E-state index contributed by atoms with van der Waals surface area (Å²) in [6.45, 7) is 2.36. The summed E-state index contributed by atoms with van der Waals surface area (Å²) in [7, 11) is 0. The Labute approximate surface area is 112 Å². The van der Waals surface area contributed by atoms with Gasteiger partial charge in [-0.3, -0.25) is 4.98 Å². The number of hydrogen-bond donors (Lipinski definition) is 2. The summed E-state index contributed by atoms with van der Waals surface area (Å²) in [5.41, 5.74) is 1.62. The van der Waals surface area contributed by atoms with E-state index in [0.717, 1.165) is 5.56 Å². The lowest BCUT2D eigenvalue weighted by molar-refractivity contribution is 0.170. The quantitative estimate of drug-likeness (QED) is 0.868. The van der Waals surface area contributed by atoms with Gasteiger partial charge in [0.05, 0.1) is 6.10 Å². The summed E-state index contributed by atoms with van der Waals surface area (Å²) in [6.07, 6.45) is 2.78. The van der Waals surface area contributed by atoms with Crippen LogP contribution in [0.4, 0.5) is 4.39 Å². The van der Waals surface area contributed by atoms with Crippen LogP contribution in [0.1, 0.15) is 30.2 Å². The lowest BCUT2D eigenvalue weighted by Gasteiger charge is -2.17. The van der Waals surface area contributed by atoms with Gasteiger partial charge in [-0.15, -0.1) is 0 Å². The number of aliphatic hydroxyl groups is 1. The van der Waals surface area contributed by atoms with Crippen molar-refractivity contribution in [3.05, 3.63) is 65.7 Å². The first-order chi connectivity index (χ1) is 9.16. The van der Waals surface area contributed by atoms with Crippen molar-refractivity contribution in [2.45, 2.75) is 19.1 Å². The highest BCUT2D eigenvalue weighted by Crippen LogP contribution is 2.15. The zero-order valence-electron chi connectivity index (χ0n) is 10.8. The van der Waals surface area contributed by atoms with E-state index in [1.165, 1.54) is 12.1 Å². The first-order valence-corrected chi connectivity index (χ1v) is 6.23. The van der Waals surface area contributed by atoms with Crippen LogP contribution < -0.4 is 5.32 Å². The van der Waals surface area contributed by atoms with E-state index in [-0.39, 0.29) is 11.9 Å². The number of rotatable bonds is 5. The lowest BCUT2D eigenvalue weighted by atomic mass is 10.1. The van der Waals surface area contributed by atoms with Crippen molar-refractivity contribution in [2.75, 3.05) is 6.54 Å². The number of nitrogens with one attached hydrogen (secondary N) is 1. The third-order valence-corrected chi connectivity index (χ3v) is 3.04. The van der Waals surface area contributed by atoms with Crippen LogP contribution in [0.5, 0.6) is 0 Å². The van der Waals surface area contributed by atoms with Gasteiger partial charge in [-0.2, -0.15) is 0 Å². The second kappa shape index (κ2) is 6.41. The van der Waals surface area contributed by atoms with Crippen LogP contribution in [0.2, 0.25) is 0 Å². The molecule has 2 aromatic rings. The molecule has 0 aliphatic carbocycles. The molecule has 3 nitrogen and oxygen atoms in total. The molecule has 0 aliphatic heterocycles. The van der Waals surface area contributed by atoms with Gasteiger partial charge in [0.1, 0.15) is 5.82 Å². The molecule has 0 spiro atoms. The first kappa shape index (κ1) is 13.6. The van der Waals surface area contributed by atoms with Gasteiger partial charge >= 0.3 is 0 Å². The van der Waals surface area contributed by atoms with Crippen LogP contribution in [-0.4, -0.2) is 16.6 Å². The molecule has 2 unspecified atom stereocenters. The maximum Gasteiger partial charge on any atom is 0.123 e. The molecule has 0 bridgehead atoms. The number of hydrogen-bond acceptors (Lipinski definition) is 3. The number of aliphatic hydroxyl groups excluding tert-OH is 1. The molecule has 100 valence electrons. The van der Waals surface area contributed by atoms with E-state index in [1.54, 1.807) is 24.5 Å². The van der Waals surface area contributed by atoms with E-state index in [1.807, 2.05) is 19.1 Å². The van der Waals surface area contributed by atoms with E-state index in [2.05, 4.69) is 10.3 Å². The highest BCUT2D eigenvalue weighted by Gasteiger charge is 2.11. The molecule has 1 aromatic carbocycles. The first-order valence-electron chi connectivity index (χ1n) is 6.23. The molecule has 1 aromatic heterocycles. The molecule has 0 fully saturated rings. The van der Waals surface area contributed by atoms with E-state index >= 15 is 0 Å². The summed E-state index contributed by atoms with van der Waals surface area (Å²) < 4.78 is 13.1. The fraction of sp³-hybridized carbons (Fsp3) is 0.267.